The first-order valence-corrected chi connectivity index (χ1v) is 6.76. The molecule has 2 aromatic carbocycles. The van der Waals surface area contributed by atoms with Crippen molar-refractivity contribution in [3.8, 4) is 11.1 Å². The summed E-state index contributed by atoms with van der Waals surface area (Å²) in [6.07, 6.45) is 0.881. The molecule has 0 saturated carbocycles. The number of carbonyl (C=O) groups is 1. The van der Waals surface area contributed by atoms with Crippen molar-refractivity contribution >= 4 is 11.7 Å². The minimum absolute atomic E-state index is 0.133. The van der Waals surface area contributed by atoms with E-state index in [2.05, 4.69) is 5.32 Å². The monoisotopic (exact) mass is 288 g/mol. The van der Waals surface area contributed by atoms with E-state index < -0.39 is 11.6 Å². The lowest BCUT2D eigenvalue weighted by atomic mass is 10.0. The Morgan fingerprint density at radius 3 is 2.52 bits per heavy atom. The summed E-state index contributed by atoms with van der Waals surface area (Å²) in [7, 11) is 0. The van der Waals surface area contributed by atoms with Crippen LogP contribution in [0.5, 0.6) is 0 Å². The van der Waals surface area contributed by atoms with Crippen LogP contribution >= 0.6 is 0 Å². The fourth-order valence-electron chi connectivity index (χ4n) is 2.42. The van der Waals surface area contributed by atoms with E-state index >= 15 is 0 Å². The molecule has 0 radical (unpaired) electrons. The number of carbonyl (C=O) groups excluding carboxylic acids is 1. The van der Waals surface area contributed by atoms with Gasteiger partial charge in [0.1, 0.15) is 11.6 Å². The van der Waals surface area contributed by atoms with Gasteiger partial charge in [-0.3, -0.25) is 4.90 Å². The smallest absolute Gasteiger partial charge is 0.321 e. The largest absolute Gasteiger partial charge is 0.338 e. The fourth-order valence-corrected chi connectivity index (χ4v) is 2.42. The lowest BCUT2D eigenvalue weighted by Crippen LogP contribution is -2.46. The van der Waals surface area contributed by atoms with Crippen LogP contribution in [0.4, 0.5) is 19.3 Å². The number of rotatable bonds is 2. The first kappa shape index (κ1) is 13.5. The molecule has 1 heterocycles. The highest BCUT2D eigenvalue weighted by atomic mass is 19.1. The second-order valence-electron chi connectivity index (χ2n) is 4.91. The third-order valence-electron chi connectivity index (χ3n) is 3.50. The van der Waals surface area contributed by atoms with Crippen LogP contribution in [0.2, 0.25) is 0 Å². The van der Waals surface area contributed by atoms with Crippen LogP contribution in [0, 0.1) is 11.6 Å². The van der Waals surface area contributed by atoms with E-state index in [9.17, 15) is 13.6 Å². The summed E-state index contributed by atoms with van der Waals surface area (Å²) in [6, 6.07) is 10.1. The summed E-state index contributed by atoms with van der Waals surface area (Å²) in [6.45, 7) is 1.33. The van der Waals surface area contributed by atoms with Crippen molar-refractivity contribution in [2.24, 2.45) is 0 Å². The van der Waals surface area contributed by atoms with Gasteiger partial charge < -0.3 is 5.32 Å². The predicted octanol–water partition coefficient (Wildman–Crippen LogP) is 3.55. The Morgan fingerprint density at radius 1 is 1.05 bits per heavy atom. The van der Waals surface area contributed by atoms with Crippen molar-refractivity contribution in [1.82, 2.24) is 5.32 Å². The normalized spacial score (nSPS) is 15.0. The Balaban J connectivity index is 1.90. The first-order chi connectivity index (χ1) is 10.1. The third-order valence-corrected chi connectivity index (χ3v) is 3.50. The van der Waals surface area contributed by atoms with Gasteiger partial charge in [-0.15, -0.1) is 0 Å². The molecule has 3 rings (SSSR count). The van der Waals surface area contributed by atoms with Crippen LogP contribution in [-0.2, 0) is 0 Å². The molecule has 2 amide bonds. The molecule has 0 bridgehead atoms. The van der Waals surface area contributed by atoms with Gasteiger partial charge in [-0.2, -0.15) is 0 Å². The standard InChI is InChI=1S/C16H14F2N2O/c17-12-4-7-15(18)14(10-12)11-2-5-13(6-3-11)20-9-1-8-19-16(20)21/h2-7,10H,1,8-9H2,(H,19,21). The van der Waals surface area contributed by atoms with Crippen LogP contribution in [0.25, 0.3) is 11.1 Å². The molecule has 3 nitrogen and oxygen atoms in total. The van der Waals surface area contributed by atoms with Crippen molar-refractivity contribution in [3.63, 3.8) is 0 Å². The van der Waals surface area contributed by atoms with Crippen molar-refractivity contribution in [2.75, 3.05) is 18.0 Å². The maximum atomic E-state index is 13.7. The van der Waals surface area contributed by atoms with Crippen molar-refractivity contribution in [2.45, 2.75) is 6.42 Å². The van der Waals surface area contributed by atoms with E-state index in [0.717, 1.165) is 30.3 Å². The summed E-state index contributed by atoms with van der Waals surface area (Å²) in [5.41, 5.74) is 1.53. The molecule has 1 saturated heterocycles. The van der Waals surface area contributed by atoms with Gasteiger partial charge in [-0.25, -0.2) is 13.6 Å². The maximum absolute atomic E-state index is 13.7. The van der Waals surface area contributed by atoms with Crippen molar-refractivity contribution in [3.05, 3.63) is 54.1 Å². The zero-order valence-electron chi connectivity index (χ0n) is 11.3. The van der Waals surface area contributed by atoms with Crippen LogP contribution in [-0.4, -0.2) is 19.1 Å². The van der Waals surface area contributed by atoms with Gasteiger partial charge in [-0.05, 0) is 42.3 Å². The number of hydrogen-bond donors (Lipinski definition) is 1. The van der Waals surface area contributed by atoms with Crippen LogP contribution < -0.4 is 10.2 Å². The van der Waals surface area contributed by atoms with Gasteiger partial charge in [0.25, 0.3) is 0 Å². The molecule has 108 valence electrons. The van der Waals surface area contributed by atoms with E-state index in [0.29, 0.717) is 18.7 Å². The second-order valence-corrected chi connectivity index (χ2v) is 4.91. The molecule has 1 aliphatic heterocycles. The number of benzene rings is 2. The van der Waals surface area contributed by atoms with Gasteiger partial charge in [0.05, 0.1) is 0 Å². The maximum Gasteiger partial charge on any atom is 0.321 e. The molecule has 1 aliphatic rings. The van der Waals surface area contributed by atoms with Gasteiger partial charge in [0.2, 0.25) is 0 Å². The van der Waals surface area contributed by atoms with E-state index in [1.807, 2.05) is 0 Å². The zero-order chi connectivity index (χ0) is 14.8. The van der Waals surface area contributed by atoms with E-state index in [1.165, 1.54) is 0 Å². The Bertz CT molecular complexity index is 670. The molecule has 0 aliphatic carbocycles. The Hall–Kier alpha value is -2.43. The van der Waals surface area contributed by atoms with Crippen molar-refractivity contribution in [1.29, 1.82) is 0 Å². The van der Waals surface area contributed by atoms with Gasteiger partial charge >= 0.3 is 6.03 Å². The van der Waals surface area contributed by atoms with Gasteiger partial charge in [0, 0.05) is 24.3 Å². The molecule has 2 aromatic rings. The molecule has 21 heavy (non-hydrogen) atoms. The van der Waals surface area contributed by atoms with Crippen molar-refractivity contribution < 1.29 is 13.6 Å². The number of hydrogen-bond acceptors (Lipinski definition) is 1. The SMILES string of the molecule is O=C1NCCCN1c1ccc(-c2cc(F)ccc2F)cc1. The van der Waals surface area contributed by atoms with Crippen LogP contribution in [0.1, 0.15) is 6.42 Å². The molecular weight excluding hydrogens is 274 g/mol. The summed E-state index contributed by atoms with van der Waals surface area (Å²) in [5, 5.41) is 2.77. The molecular formula is C16H14F2N2O. The number of halogens is 2. The molecule has 5 heteroatoms. The Kier molecular flexibility index (Phi) is 3.56. The lowest BCUT2D eigenvalue weighted by Gasteiger charge is -2.27. The van der Waals surface area contributed by atoms with Crippen LogP contribution in [0.3, 0.4) is 0 Å². The molecule has 0 unspecified atom stereocenters. The number of nitrogens with one attached hydrogen (secondary N) is 1. The highest BCUT2D eigenvalue weighted by Crippen LogP contribution is 2.26. The number of amides is 2. The van der Waals surface area contributed by atoms with E-state index in [4.69, 9.17) is 0 Å². The summed E-state index contributed by atoms with van der Waals surface area (Å²) in [5.74, 6) is -0.953. The third kappa shape index (κ3) is 2.72. The lowest BCUT2D eigenvalue weighted by molar-refractivity contribution is 0.243. The van der Waals surface area contributed by atoms with Crippen LogP contribution in [0.15, 0.2) is 42.5 Å². The highest BCUT2D eigenvalue weighted by Gasteiger charge is 2.19. The molecule has 0 spiro atoms. The molecule has 0 aromatic heterocycles. The molecule has 1 N–H and O–H groups in total. The fraction of sp³-hybridized carbons (Fsp3) is 0.188. The molecule has 0 atom stereocenters. The predicted molar refractivity (Wildman–Crippen MR) is 77.2 cm³/mol. The average molecular weight is 288 g/mol. The number of nitrogens with zero attached hydrogens (tertiary/aromatic N) is 1. The first-order valence-electron chi connectivity index (χ1n) is 6.76. The summed E-state index contributed by atoms with van der Waals surface area (Å²) >= 11 is 0. The van der Waals surface area contributed by atoms with Gasteiger partial charge in [0.15, 0.2) is 0 Å². The average Bonchev–Trinajstić information content (AvgIpc) is 2.50. The summed E-state index contributed by atoms with van der Waals surface area (Å²) < 4.78 is 27.0. The van der Waals surface area contributed by atoms with E-state index in [-0.39, 0.29) is 11.6 Å². The van der Waals surface area contributed by atoms with E-state index in [1.54, 1.807) is 29.2 Å². The highest BCUT2D eigenvalue weighted by molar-refractivity contribution is 5.92. The topological polar surface area (TPSA) is 32.3 Å². The Labute approximate surface area is 121 Å². The quantitative estimate of drug-likeness (QED) is 0.900. The Morgan fingerprint density at radius 2 is 1.81 bits per heavy atom. The van der Waals surface area contributed by atoms with Gasteiger partial charge in [-0.1, -0.05) is 12.1 Å². The number of anilines is 1. The molecule has 1 fully saturated rings. The minimum Gasteiger partial charge on any atom is -0.338 e. The zero-order valence-corrected chi connectivity index (χ0v) is 11.3. The number of urea groups is 1. The summed E-state index contributed by atoms with van der Waals surface area (Å²) in [4.78, 5) is 13.4. The minimum atomic E-state index is -0.481. The second kappa shape index (κ2) is 5.52.